The number of aryl methyl sites for hydroxylation is 2. The molecule has 8 nitrogen and oxygen atoms in total. The minimum atomic E-state index is -0.515. The van der Waals surface area contributed by atoms with E-state index in [1.807, 2.05) is 0 Å². The molecular formula is C12H13N5O3S. The molecule has 1 heterocycles. The van der Waals surface area contributed by atoms with E-state index in [2.05, 4.69) is 15.5 Å². The number of nitro groups is 1. The summed E-state index contributed by atoms with van der Waals surface area (Å²) in [5, 5.41) is 21.7. The standard InChI is InChI=1S/C12H13N5O3S/c1-8-3-4-9(10(5-8)17(19)20)14-11(18)6-21-12-15-13-7-16(12)2/h3-5,7H,6H2,1-2H3,(H,14,18). The first-order chi connectivity index (χ1) is 9.97. The van der Waals surface area contributed by atoms with Crippen LogP contribution in [-0.4, -0.2) is 31.3 Å². The Kier molecular flexibility index (Phi) is 4.53. The second-order valence-corrected chi connectivity index (χ2v) is 5.28. The quantitative estimate of drug-likeness (QED) is 0.513. The van der Waals surface area contributed by atoms with E-state index in [4.69, 9.17) is 0 Å². The molecule has 0 saturated heterocycles. The maximum atomic E-state index is 11.9. The third kappa shape index (κ3) is 3.78. The molecule has 21 heavy (non-hydrogen) atoms. The summed E-state index contributed by atoms with van der Waals surface area (Å²) in [6.45, 7) is 1.75. The maximum absolute atomic E-state index is 11.9. The molecule has 0 fully saturated rings. The summed E-state index contributed by atoms with van der Waals surface area (Å²) in [4.78, 5) is 22.3. The Balaban J connectivity index is 2.03. The van der Waals surface area contributed by atoms with Crippen LogP contribution in [0.2, 0.25) is 0 Å². The summed E-state index contributed by atoms with van der Waals surface area (Å²) < 4.78 is 1.69. The molecule has 1 aromatic heterocycles. The zero-order valence-corrected chi connectivity index (χ0v) is 12.3. The molecule has 0 saturated carbocycles. The van der Waals surface area contributed by atoms with Gasteiger partial charge in [-0.25, -0.2) is 0 Å². The highest BCUT2D eigenvalue weighted by Gasteiger charge is 2.16. The van der Waals surface area contributed by atoms with Crippen molar-refractivity contribution in [1.29, 1.82) is 0 Å². The fraction of sp³-hybridized carbons (Fsp3) is 0.250. The number of anilines is 1. The highest BCUT2D eigenvalue weighted by atomic mass is 32.2. The van der Waals surface area contributed by atoms with Gasteiger partial charge in [-0.05, 0) is 18.6 Å². The fourth-order valence-corrected chi connectivity index (χ4v) is 2.31. The van der Waals surface area contributed by atoms with E-state index in [0.717, 1.165) is 5.56 Å². The number of nitrogens with one attached hydrogen (secondary N) is 1. The Morgan fingerprint density at radius 3 is 2.90 bits per heavy atom. The summed E-state index contributed by atoms with van der Waals surface area (Å²) in [6, 6.07) is 4.65. The highest BCUT2D eigenvalue weighted by molar-refractivity contribution is 7.99. The summed E-state index contributed by atoms with van der Waals surface area (Å²) in [6.07, 6.45) is 1.53. The zero-order valence-electron chi connectivity index (χ0n) is 11.4. The molecule has 1 amide bonds. The second kappa shape index (κ2) is 6.35. The molecule has 0 unspecified atom stereocenters. The van der Waals surface area contributed by atoms with Crippen LogP contribution in [0.3, 0.4) is 0 Å². The zero-order chi connectivity index (χ0) is 15.4. The number of rotatable bonds is 5. The van der Waals surface area contributed by atoms with Gasteiger partial charge in [0.25, 0.3) is 5.69 Å². The largest absolute Gasteiger partial charge is 0.320 e. The monoisotopic (exact) mass is 307 g/mol. The fourth-order valence-electron chi connectivity index (χ4n) is 1.62. The molecule has 1 aromatic carbocycles. The number of nitro benzene ring substituents is 1. The van der Waals surface area contributed by atoms with Crippen LogP contribution >= 0.6 is 11.8 Å². The van der Waals surface area contributed by atoms with Crippen LogP contribution in [0.5, 0.6) is 0 Å². The molecule has 0 bridgehead atoms. The van der Waals surface area contributed by atoms with Crippen molar-refractivity contribution < 1.29 is 9.72 Å². The smallest absolute Gasteiger partial charge is 0.293 e. The predicted molar refractivity (Wildman–Crippen MR) is 78.2 cm³/mol. The van der Waals surface area contributed by atoms with Gasteiger partial charge in [-0.2, -0.15) is 0 Å². The van der Waals surface area contributed by atoms with Crippen LogP contribution in [0.25, 0.3) is 0 Å². The number of carbonyl (C=O) groups is 1. The van der Waals surface area contributed by atoms with Gasteiger partial charge < -0.3 is 9.88 Å². The molecule has 0 aliphatic carbocycles. The number of hydrogen-bond donors (Lipinski definition) is 1. The lowest BCUT2D eigenvalue weighted by molar-refractivity contribution is -0.384. The van der Waals surface area contributed by atoms with Crippen molar-refractivity contribution in [1.82, 2.24) is 14.8 Å². The van der Waals surface area contributed by atoms with Gasteiger partial charge in [-0.15, -0.1) is 10.2 Å². The lowest BCUT2D eigenvalue weighted by atomic mass is 10.2. The van der Waals surface area contributed by atoms with E-state index in [9.17, 15) is 14.9 Å². The summed E-state index contributed by atoms with van der Waals surface area (Å²) in [7, 11) is 1.77. The van der Waals surface area contributed by atoms with E-state index >= 15 is 0 Å². The molecule has 0 spiro atoms. The number of nitrogens with zero attached hydrogens (tertiary/aromatic N) is 4. The van der Waals surface area contributed by atoms with Crippen molar-refractivity contribution in [2.45, 2.75) is 12.1 Å². The van der Waals surface area contributed by atoms with Crippen molar-refractivity contribution in [2.75, 3.05) is 11.1 Å². The van der Waals surface area contributed by atoms with E-state index in [0.29, 0.717) is 5.16 Å². The number of aromatic nitrogens is 3. The van der Waals surface area contributed by atoms with Gasteiger partial charge in [0, 0.05) is 13.1 Å². The Hall–Kier alpha value is -2.42. The Morgan fingerprint density at radius 2 is 2.29 bits per heavy atom. The Morgan fingerprint density at radius 1 is 1.52 bits per heavy atom. The van der Waals surface area contributed by atoms with E-state index in [1.165, 1.54) is 30.2 Å². The minimum absolute atomic E-state index is 0.0948. The second-order valence-electron chi connectivity index (χ2n) is 4.34. The topological polar surface area (TPSA) is 103 Å². The highest BCUT2D eigenvalue weighted by Crippen LogP contribution is 2.25. The van der Waals surface area contributed by atoms with Crippen LogP contribution in [0.1, 0.15) is 5.56 Å². The molecule has 0 radical (unpaired) electrons. The van der Waals surface area contributed by atoms with Gasteiger partial charge in [0.2, 0.25) is 5.91 Å². The van der Waals surface area contributed by atoms with Gasteiger partial charge in [0.05, 0.1) is 10.7 Å². The van der Waals surface area contributed by atoms with Crippen LogP contribution < -0.4 is 5.32 Å². The number of hydrogen-bond acceptors (Lipinski definition) is 6. The number of carbonyl (C=O) groups excluding carboxylic acids is 1. The van der Waals surface area contributed by atoms with Crippen LogP contribution in [0, 0.1) is 17.0 Å². The summed E-state index contributed by atoms with van der Waals surface area (Å²) in [5.41, 5.74) is 0.828. The van der Waals surface area contributed by atoms with Crippen molar-refractivity contribution in [3.05, 3.63) is 40.2 Å². The molecule has 0 atom stereocenters. The first-order valence-corrected chi connectivity index (χ1v) is 6.97. The van der Waals surface area contributed by atoms with Crippen molar-refractivity contribution in [3.63, 3.8) is 0 Å². The Labute approximate surface area is 124 Å². The molecule has 1 N–H and O–H groups in total. The third-order valence-electron chi connectivity index (χ3n) is 2.63. The van der Waals surface area contributed by atoms with Gasteiger partial charge in [0.15, 0.2) is 5.16 Å². The summed E-state index contributed by atoms with van der Waals surface area (Å²) in [5.74, 6) is -0.243. The molecule has 0 aliphatic heterocycles. The van der Waals surface area contributed by atoms with E-state index in [1.54, 1.807) is 24.6 Å². The van der Waals surface area contributed by atoms with E-state index in [-0.39, 0.29) is 23.0 Å². The van der Waals surface area contributed by atoms with Gasteiger partial charge in [-0.3, -0.25) is 14.9 Å². The van der Waals surface area contributed by atoms with Crippen LogP contribution in [-0.2, 0) is 11.8 Å². The lowest BCUT2D eigenvalue weighted by Crippen LogP contribution is -2.15. The first kappa shape index (κ1) is 15.0. The van der Waals surface area contributed by atoms with Crippen molar-refractivity contribution in [3.8, 4) is 0 Å². The van der Waals surface area contributed by atoms with Gasteiger partial charge in [0.1, 0.15) is 12.0 Å². The molecule has 9 heteroatoms. The number of thioether (sulfide) groups is 1. The average Bonchev–Trinajstić information content (AvgIpc) is 2.84. The molecule has 2 rings (SSSR count). The number of benzene rings is 1. The average molecular weight is 307 g/mol. The van der Waals surface area contributed by atoms with Gasteiger partial charge in [-0.1, -0.05) is 17.8 Å². The molecule has 110 valence electrons. The molecule has 2 aromatic rings. The van der Waals surface area contributed by atoms with Crippen LogP contribution in [0.4, 0.5) is 11.4 Å². The SMILES string of the molecule is Cc1ccc(NC(=O)CSc2nncn2C)c([N+](=O)[O-])c1. The summed E-state index contributed by atoms with van der Waals surface area (Å²) >= 11 is 1.21. The van der Waals surface area contributed by atoms with Crippen LogP contribution in [0.15, 0.2) is 29.7 Å². The van der Waals surface area contributed by atoms with E-state index < -0.39 is 4.92 Å². The minimum Gasteiger partial charge on any atom is -0.320 e. The van der Waals surface area contributed by atoms with Gasteiger partial charge >= 0.3 is 0 Å². The number of amides is 1. The normalized spacial score (nSPS) is 10.4. The third-order valence-corrected chi connectivity index (χ3v) is 3.66. The maximum Gasteiger partial charge on any atom is 0.293 e. The lowest BCUT2D eigenvalue weighted by Gasteiger charge is -2.06. The first-order valence-electron chi connectivity index (χ1n) is 5.99. The molecular weight excluding hydrogens is 294 g/mol. The Bertz CT molecular complexity index is 685. The van der Waals surface area contributed by atoms with Crippen molar-refractivity contribution in [2.24, 2.45) is 7.05 Å². The molecule has 0 aliphatic rings. The van der Waals surface area contributed by atoms with Crippen molar-refractivity contribution >= 4 is 29.0 Å². The predicted octanol–water partition coefficient (Wildman–Crippen LogP) is 1.76.